The van der Waals surface area contributed by atoms with Crippen molar-refractivity contribution >= 4 is 39.5 Å². The predicted molar refractivity (Wildman–Crippen MR) is 386 cm³/mol. The van der Waals surface area contributed by atoms with E-state index in [0.29, 0.717) is 31.6 Å². The molecule has 7 atom stereocenters. The fraction of sp³-hybridized carbons (Fsp3) is 0.947. The zero-order valence-electron chi connectivity index (χ0n) is 62.3. The number of ether oxygens (including phenoxy) is 4. The summed E-state index contributed by atoms with van der Waals surface area (Å²) in [5.41, 5.74) is 0. The normalized spacial score (nSPS) is 14.7. The fourth-order valence-corrected chi connectivity index (χ4v) is 13.1. The minimum absolute atomic E-state index is 0.105. The van der Waals surface area contributed by atoms with E-state index in [1.807, 2.05) is 0 Å². The number of hydrogen-bond donors (Lipinski definition) is 3. The first kappa shape index (κ1) is 93.1. The third-order valence-corrected chi connectivity index (χ3v) is 20.2. The van der Waals surface area contributed by atoms with Crippen LogP contribution in [0.4, 0.5) is 0 Å². The quantitative estimate of drug-likeness (QED) is 0.0222. The molecule has 0 amide bonds. The van der Waals surface area contributed by atoms with E-state index in [0.717, 1.165) is 114 Å². The van der Waals surface area contributed by atoms with Gasteiger partial charge in [0.1, 0.15) is 19.3 Å². The maximum absolute atomic E-state index is 13.1. The van der Waals surface area contributed by atoms with Gasteiger partial charge in [0.05, 0.1) is 26.4 Å². The van der Waals surface area contributed by atoms with Gasteiger partial charge in [0, 0.05) is 25.7 Å². The van der Waals surface area contributed by atoms with Gasteiger partial charge in [-0.3, -0.25) is 37.3 Å². The molecule has 564 valence electrons. The van der Waals surface area contributed by atoms with Crippen LogP contribution in [0.25, 0.3) is 0 Å². The van der Waals surface area contributed by atoms with Crippen LogP contribution in [0.3, 0.4) is 0 Å². The van der Waals surface area contributed by atoms with Gasteiger partial charge >= 0.3 is 39.5 Å². The van der Waals surface area contributed by atoms with Crippen molar-refractivity contribution in [2.24, 2.45) is 23.7 Å². The summed E-state index contributed by atoms with van der Waals surface area (Å²) in [6, 6.07) is 0. The number of carbonyl (C=O) groups excluding carboxylic acids is 4. The van der Waals surface area contributed by atoms with Crippen molar-refractivity contribution in [1.82, 2.24) is 0 Å². The van der Waals surface area contributed by atoms with Crippen LogP contribution in [-0.2, 0) is 65.4 Å². The van der Waals surface area contributed by atoms with Crippen molar-refractivity contribution in [3.05, 3.63) is 0 Å². The van der Waals surface area contributed by atoms with Gasteiger partial charge in [0.25, 0.3) is 0 Å². The number of phosphoric acid groups is 2. The average molecular weight is 1400 g/mol. The number of hydrogen-bond acceptors (Lipinski definition) is 15. The van der Waals surface area contributed by atoms with E-state index in [-0.39, 0.29) is 25.7 Å². The van der Waals surface area contributed by atoms with Gasteiger partial charge in [-0.15, -0.1) is 0 Å². The standard InChI is InChI=1S/C76H148O17P2/c1-9-68(7)54-46-38-29-23-17-13-11-12-14-18-25-31-40-48-56-73(78)86-62-71(92-76(81)59-51-43-33-27-21-20-24-30-39-47-55-69(8)10-2)64-90-94(82,83)88-60-70(77)61-89-95(84,85)91-65-72(63-87-74(79)57-49-41-35-34-37-45-53-67(5)6)93-75(80)58-50-42-32-26-19-15-16-22-28-36-44-52-66(3)4/h66-72,77H,9-65H2,1-8H3,(H,82,83)(H,84,85)/t68?,69?,70-,71-,72-/m1/s1. The first-order valence-corrected chi connectivity index (χ1v) is 42.3. The fourth-order valence-electron chi connectivity index (χ4n) is 11.5. The second-order valence-electron chi connectivity index (χ2n) is 28.8. The summed E-state index contributed by atoms with van der Waals surface area (Å²) in [4.78, 5) is 72.8. The minimum atomic E-state index is -4.96. The van der Waals surface area contributed by atoms with Crippen molar-refractivity contribution in [2.45, 2.75) is 401 Å². The summed E-state index contributed by atoms with van der Waals surface area (Å²) >= 11 is 0. The van der Waals surface area contributed by atoms with Gasteiger partial charge < -0.3 is 33.8 Å². The second kappa shape index (κ2) is 65.4. The monoisotopic (exact) mass is 1400 g/mol. The van der Waals surface area contributed by atoms with E-state index >= 15 is 0 Å². The smallest absolute Gasteiger partial charge is 0.462 e. The minimum Gasteiger partial charge on any atom is -0.462 e. The van der Waals surface area contributed by atoms with E-state index < -0.39 is 97.5 Å². The molecule has 0 aliphatic carbocycles. The zero-order valence-corrected chi connectivity index (χ0v) is 64.1. The van der Waals surface area contributed by atoms with Crippen LogP contribution in [0.5, 0.6) is 0 Å². The molecule has 19 heteroatoms. The van der Waals surface area contributed by atoms with E-state index in [1.165, 1.54) is 180 Å². The molecule has 0 aromatic carbocycles. The highest BCUT2D eigenvalue weighted by Crippen LogP contribution is 2.45. The highest BCUT2D eigenvalue weighted by atomic mass is 31.2. The summed E-state index contributed by atoms with van der Waals surface area (Å²) in [5, 5.41) is 10.6. The Balaban J connectivity index is 5.23. The van der Waals surface area contributed by atoms with Gasteiger partial charge in [-0.2, -0.15) is 0 Å². The zero-order chi connectivity index (χ0) is 70.3. The van der Waals surface area contributed by atoms with E-state index in [1.54, 1.807) is 0 Å². The Bertz CT molecular complexity index is 1870. The van der Waals surface area contributed by atoms with Crippen molar-refractivity contribution in [3.63, 3.8) is 0 Å². The van der Waals surface area contributed by atoms with Crippen LogP contribution >= 0.6 is 15.6 Å². The Morgan fingerprint density at radius 3 is 0.747 bits per heavy atom. The molecule has 0 bridgehead atoms. The highest BCUT2D eigenvalue weighted by molar-refractivity contribution is 7.47. The largest absolute Gasteiger partial charge is 0.472 e. The maximum atomic E-state index is 13.1. The van der Waals surface area contributed by atoms with Gasteiger partial charge in [-0.25, -0.2) is 9.13 Å². The summed E-state index contributed by atoms with van der Waals surface area (Å²) in [6.45, 7) is 14.2. The molecule has 0 aliphatic heterocycles. The lowest BCUT2D eigenvalue weighted by Crippen LogP contribution is -2.30. The van der Waals surface area contributed by atoms with Crippen molar-refractivity contribution in [3.8, 4) is 0 Å². The third-order valence-electron chi connectivity index (χ3n) is 18.3. The Labute approximate surface area is 581 Å². The number of rotatable bonds is 73. The first-order chi connectivity index (χ1) is 45.7. The molecule has 0 aromatic heterocycles. The number of phosphoric ester groups is 2. The number of carbonyl (C=O) groups is 4. The number of aliphatic hydroxyl groups excluding tert-OH is 1. The van der Waals surface area contributed by atoms with Crippen LogP contribution in [0.1, 0.15) is 383 Å². The van der Waals surface area contributed by atoms with E-state index in [4.69, 9.17) is 37.0 Å². The number of esters is 4. The van der Waals surface area contributed by atoms with Crippen LogP contribution in [-0.4, -0.2) is 96.7 Å². The van der Waals surface area contributed by atoms with Gasteiger partial charge in [-0.1, -0.05) is 331 Å². The molecule has 0 aliphatic rings. The molecule has 0 rings (SSSR count). The SMILES string of the molecule is CCC(C)CCCCCCCCCCCCCCCCC(=O)OC[C@H](COP(=O)(O)OC[C@@H](O)COP(=O)(O)OC[C@@H](COC(=O)CCCCCCCCC(C)C)OC(=O)CCCCCCCCCCCCCC(C)C)OC(=O)CCCCCCCCCCCCC(C)CC. The molecule has 0 radical (unpaired) electrons. The molecule has 0 saturated heterocycles. The summed E-state index contributed by atoms with van der Waals surface area (Å²) in [6.07, 6.45) is 50.0. The van der Waals surface area contributed by atoms with Crippen LogP contribution < -0.4 is 0 Å². The third kappa shape index (κ3) is 67.6. The molecule has 3 N–H and O–H groups in total. The van der Waals surface area contributed by atoms with Gasteiger partial charge in [-0.05, 0) is 49.4 Å². The van der Waals surface area contributed by atoms with E-state index in [2.05, 4.69) is 55.4 Å². The van der Waals surface area contributed by atoms with Crippen LogP contribution in [0.2, 0.25) is 0 Å². The maximum Gasteiger partial charge on any atom is 0.472 e. The van der Waals surface area contributed by atoms with E-state index in [9.17, 15) is 43.2 Å². The lowest BCUT2D eigenvalue weighted by Gasteiger charge is -2.21. The predicted octanol–water partition coefficient (Wildman–Crippen LogP) is 22.0. The molecule has 0 fully saturated rings. The summed E-state index contributed by atoms with van der Waals surface area (Å²) in [7, 11) is -9.91. The summed E-state index contributed by atoms with van der Waals surface area (Å²) in [5.74, 6) is 0.975. The number of aliphatic hydroxyl groups is 1. The Morgan fingerprint density at radius 2 is 0.505 bits per heavy atom. The Kier molecular flexibility index (Phi) is 64.0. The average Bonchev–Trinajstić information content (AvgIpc) is 1.38. The molecule has 0 aromatic rings. The molecule has 0 heterocycles. The Morgan fingerprint density at radius 1 is 0.295 bits per heavy atom. The van der Waals surface area contributed by atoms with Gasteiger partial charge in [0.15, 0.2) is 12.2 Å². The summed E-state index contributed by atoms with van der Waals surface area (Å²) < 4.78 is 68.5. The first-order valence-electron chi connectivity index (χ1n) is 39.3. The molecule has 4 unspecified atom stereocenters. The Hall–Kier alpha value is -1.94. The lowest BCUT2D eigenvalue weighted by atomic mass is 9.99. The molecule has 0 saturated carbocycles. The molecular formula is C76H148O17P2. The topological polar surface area (TPSA) is 237 Å². The molecule has 95 heavy (non-hydrogen) atoms. The second-order valence-corrected chi connectivity index (χ2v) is 31.7. The van der Waals surface area contributed by atoms with Gasteiger partial charge in [0.2, 0.25) is 0 Å². The molecular weight excluding hydrogens is 1250 g/mol. The van der Waals surface area contributed by atoms with Crippen LogP contribution in [0, 0.1) is 23.7 Å². The molecule has 17 nitrogen and oxygen atoms in total. The van der Waals surface area contributed by atoms with Crippen molar-refractivity contribution in [1.29, 1.82) is 0 Å². The van der Waals surface area contributed by atoms with Crippen molar-refractivity contribution < 1.29 is 80.2 Å². The lowest BCUT2D eigenvalue weighted by molar-refractivity contribution is -0.161. The van der Waals surface area contributed by atoms with Crippen LogP contribution in [0.15, 0.2) is 0 Å². The highest BCUT2D eigenvalue weighted by Gasteiger charge is 2.30. The van der Waals surface area contributed by atoms with Crippen molar-refractivity contribution in [2.75, 3.05) is 39.6 Å². The molecule has 0 spiro atoms. The number of unbranched alkanes of at least 4 members (excludes halogenated alkanes) is 37.